The van der Waals surface area contributed by atoms with E-state index in [0.717, 1.165) is 32.1 Å². The molecule has 0 amide bonds. The number of fused-ring (bicyclic) bond motifs is 5. The second kappa shape index (κ2) is 12.5. The van der Waals surface area contributed by atoms with Gasteiger partial charge in [0.2, 0.25) is 0 Å². The molecule has 236 valence electrons. The highest BCUT2D eigenvalue weighted by Crippen LogP contribution is 2.69. The van der Waals surface area contributed by atoms with Crippen LogP contribution in [0.5, 0.6) is 0 Å². The summed E-state index contributed by atoms with van der Waals surface area (Å²) in [6, 6.07) is 21.5. The van der Waals surface area contributed by atoms with Gasteiger partial charge in [0, 0.05) is 19.3 Å². The molecule has 44 heavy (non-hydrogen) atoms. The molecular formula is C40H52O4. The average molecular weight is 597 g/mol. The van der Waals surface area contributed by atoms with E-state index in [9.17, 15) is 9.59 Å². The second-order valence-electron chi connectivity index (χ2n) is 15.1. The molecule has 2 aromatic rings. The summed E-state index contributed by atoms with van der Waals surface area (Å²) >= 11 is 0. The fraction of sp³-hybridized carbons (Fsp3) is 0.600. The minimum Gasteiger partial charge on any atom is -0.463 e. The summed E-state index contributed by atoms with van der Waals surface area (Å²) in [6.07, 6.45) is 12.4. The first-order chi connectivity index (χ1) is 21.1. The van der Waals surface area contributed by atoms with Crippen molar-refractivity contribution in [2.45, 2.75) is 105 Å². The Kier molecular flexibility index (Phi) is 8.83. The lowest BCUT2D eigenvalue weighted by Crippen LogP contribution is -2.59. The van der Waals surface area contributed by atoms with E-state index in [4.69, 9.17) is 9.47 Å². The van der Waals surface area contributed by atoms with Crippen LogP contribution in [0, 0.1) is 46.3 Å². The molecule has 4 saturated carbocycles. The summed E-state index contributed by atoms with van der Waals surface area (Å²) < 4.78 is 12.1. The molecule has 4 aliphatic carbocycles. The highest BCUT2D eigenvalue weighted by atomic mass is 16.5. The van der Waals surface area contributed by atoms with Gasteiger partial charge in [0.15, 0.2) is 0 Å². The van der Waals surface area contributed by atoms with E-state index in [1.165, 1.54) is 49.3 Å². The Morgan fingerprint density at radius 3 is 2.07 bits per heavy atom. The SMILES string of the molecule is CC(=O)O[C@@H]1CC[C@@]2(C)[C@@H](CC[C@@H]3[C@@H]2C[C@H](OC(C)=O)[C@]2(C)[C@@H]([C@@H](C)CC=C(c4ccccc4)c4ccccc4)CC[C@@H]32)C1. The Hall–Kier alpha value is -2.88. The van der Waals surface area contributed by atoms with Crippen LogP contribution in [-0.2, 0) is 19.1 Å². The van der Waals surface area contributed by atoms with Crippen molar-refractivity contribution in [1.82, 2.24) is 0 Å². The fourth-order valence-electron chi connectivity index (χ4n) is 10.9. The van der Waals surface area contributed by atoms with Gasteiger partial charge in [-0.25, -0.2) is 0 Å². The Morgan fingerprint density at radius 1 is 0.818 bits per heavy atom. The van der Waals surface area contributed by atoms with Gasteiger partial charge in [0.1, 0.15) is 12.2 Å². The zero-order valence-electron chi connectivity index (χ0n) is 27.5. The minimum atomic E-state index is -0.156. The summed E-state index contributed by atoms with van der Waals surface area (Å²) in [5.41, 5.74) is 4.01. The molecule has 10 atom stereocenters. The van der Waals surface area contributed by atoms with Crippen molar-refractivity contribution in [2.75, 3.05) is 0 Å². The van der Waals surface area contributed by atoms with Crippen LogP contribution in [0.3, 0.4) is 0 Å². The van der Waals surface area contributed by atoms with Gasteiger partial charge in [0.25, 0.3) is 0 Å². The highest BCUT2D eigenvalue weighted by Gasteiger charge is 2.65. The lowest BCUT2D eigenvalue weighted by atomic mass is 9.43. The van der Waals surface area contributed by atoms with E-state index in [-0.39, 0.29) is 35.0 Å². The Balaban J connectivity index is 1.26. The molecule has 4 heteroatoms. The molecule has 4 fully saturated rings. The van der Waals surface area contributed by atoms with Crippen molar-refractivity contribution >= 4 is 17.5 Å². The van der Waals surface area contributed by atoms with Gasteiger partial charge in [-0.15, -0.1) is 0 Å². The molecule has 4 aliphatic rings. The molecule has 0 N–H and O–H groups in total. The van der Waals surface area contributed by atoms with Gasteiger partial charge in [0.05, 0.1) is 0 Å². The van der Waals surface area contributed by atoms with Gasteiger partial charge >= 0.3 is 11.9 Å². The number of benzene rings is 2. The van der Waals surface area contributed by atoms with E-state index in [1.807, 2.05) is 0 Å². The van der Waals surface area contributed by atoms with Gasteiger partial charge < -0.3 is 9.47 Å². The lowest BCUT2D eigenvalue weighted by Gasteiger charge is -2.62. The third-order valence-corrected chi connectivity index (χ3v) is 13.0. The number of hydrogen-bond donors (Lipinski definition) is 0. The summed E-state index contributed by atoms with van der Waals surface area (Å²) in [5, 5.41) is 0. The van der Waals surface area contributed by atoms with Crippen LogP contribution in [0.4, 0.5) is 0 Å². The number of allylic oxidation sites excluding steroid dienone is 1. The largest absolute Gasteiger partial charge is 0.463 e. The van der Waals surface area contributed by atoms with Crippen molar-refractivity contribution in [1.29, 1.82) is 0 Å². The summed E-state index contributed by atoms with van der Waals surface area (Å²) in [4.78, 5) is 24.4. The fourth-order valence-corrected chi connectivity index (χ4v) is 10.9. The van der Waals surface area contributed by atoms with Crippen LogP contribution in [0.1, 0.15) is 104 Å². The summed E-state index contributed by atoms with van der Waals surface area (Å²) in [6.45, 7) is 10.6. The minimum absolute atomic E-state index is 0.0160. The Bertz CT molecular complexity index is 1310. The smallest absolute Gasteiger partial charge is 0.302 e. The van der Waals surface area contributed by atoms with Crippen LogP contribution >= 0.6 is 0 Å². The molecule has 0 saturated heterocycles. The molecule has 0 bridgehead atoms. The third-order valence-electron chi connectivity index (χ3n) is 13.0. The van der Waals surface area contributed by atoms with Gasteiger partial charge in [-0.2, -0.15) is 0 Å². The molecule has 6 rings (SSSR count). The van der Waals surface area contributed by atoms with Crippen molar-refractivity contribution in [2.24, 2.45) is 46.3 Å². The summed E-state index contributed by atoms with van der Waals surface area (Å²) in [7, 11) is 0. The Labute approximate surface area is 265 Å². The number of rotatable bonds is 7. The maximum absolute atomic E-state index is 12.6. The van der Waals surface area contributed by atoms with Crippen molar-refractivity contribution in [3.05, 3.63) is 77.9 Å². The first-order valence-electron chi connectivity index (χ1n) is 17.3. The highest BCUT2D eigenvalue weighted by molar-refractivity contribution is 5.79. The molecule has 0 aliphatic heterocycles. The first kappa shape index (κ1) is 31.1. The van der Waals surface area contributed by atoms with Crippen LogP contribution in [-0.4, -0.2) is 24.1 Å². The molecular weight excluding hydrogens is 544 g/mol. The van der Waals surface area contributed by atoms with E-state index in [1.54, 1.807) is 6.92 Å². The first-order valence-corrected chi connectivity index (χ1v) is 17.3. The molecule has 0 unspecified atom stereocenters. The molecule has 0 radical (unpaired) electrons. The maximum atomic E-state index is 12.6. The number of hydrogen-bond acceptors (Lipinski definition) is 4. The van der Waals surface area contributed by atoms with Gasteiger partial charge in [-0.1, -0.05) is 87.5 Å². The van der Waals surface area contributed by atoms with Crippen molar-refractivity contribution in [3.8, 4) is 0 Å². The lowest BCUT2D eigenvalue weighted by molar-refractivity contribution is -0.197. The standard InChI is InChI=1S/C40H52O4/c1-26(16-18-33(29-12-8-6-9-13-29)30-14-10-7-11-15-30)35-20-21-36-34-19-17-31-24-32(43-27(2)41)22-23-39(31,4)37(34)25-38(40(35,36)5)44-28(3)42/h6-15,18,26,31-32,34-38H,16-17,19-25H2,1-5H3/t26-,31-,32+,34-,35+,36-,37-,38-,39-,40+/m0/s1. The molecule has 0 spiro atoms. The predicted molar refractivity (Wildman–Crippen MR) is 175 cm³/mol. The van der Waals surface area contributed by atoms with Gasteiger partial charge in [-0.3, -0.25) is 9.59 Å². The third kappa shape index (κ3) is 5.67. The zero-order valence-corrected chi connectivity index (χ0v) is 27.5. The molecule has 0 heterocycles. The van der Waals surface area contributed by atoms with Crippen LogP contribution in [0.2, 0.25) is 0 Å². The number of carbonyl (C=O) groups is 2. The monoisotopic (exact) mass is 596 g/mol. The van der Waals surface area contributed by atoms with Crippen molar-refractivity contribution in [3.63, 3.8) is 0 Å². The van der Waals surface area contributed by atoms with Crippen LogP contribution < -0.4 is 0 Å². The van der Waals surface area contributed by atoms with Crippen LogP contribution in [0.15, 0.2) is 66.7 Å². The normalized spacial score (nSPS) is 36.6. The molecule has 0 aromatic heterocycles. The molecule has 2 aromatic carbocycles. The average Bonchev–Trinajstić information content (AvgIpc) is 3.37. The van der Waals surface area contributed by atoms with E-state index < -0.39 is 0 Å². The van der Waals surface area contributed by atoms with E-state index in [0.29, 0.717) is 35.5 Å². The number of ether oxygens (including phenoxy) is 2. The summed E-state index contributed by atoms with van der Waals surface area (Å²) in [5.74, 6) is 3.07. The van der Waals surface area contributed by atoms with E-state index >= 15 is 0 Å². The molecule has 4 nitrogen and oxygen atoms in total. The topological polar surface area (TPSA) is 52.6 Å². The zero-order chi connectivity index (χ0) is 31.1. The Morgan fingerprint density at radius 2 is 1.45 bits per heavy atom. The van der Waals surface area contributed by atoms with Crippen molar-refractivity contribution < 1.29 is 19.1 Å². The van der Waals surface area contributed by atoms with Crippen LogP contribution in [0.25, 0.3) is 5.57 Å². The second-order valence-corrected chi connectivity index (χ2v) is 15.1. The predicted octanol–water partition coefficient (Wildman–Crippen LogP) is 9.28. The van der Waals surface area contributed by atoms with Gasteiger partial charge in [-0.05, 0) is 115 Å². The number of esters is 2. The maximum Gasteiger partial charge on any atom is 0.302 e. The van der Waals surface area contributed by atoms with E-state index in [2.05, 4.69) is 87.5 Å². The number of carbonyl (C=O) groups excluding carboxylic acids is 2. The quantitative estimate of drug-likeness (QED) is 0.299.